The summed E-state index contributed by atoms with van der Waals surface area (Å²) in [6.45, 7) is 12.8. The molecule has 1 aliphatic rings. The van der Waals surface area contributed by atoms with Crippen molar-refractivity contribution in [3.63, 3.8) is 0 Å². The van der Waals surface area contributed by atoms with Gasteiger partial charge in [-0.3, -0.25) is 4.79 Å². The van der Waals surface area contributed by atoms with Crippen LogP contribution in [0.3, 0.4) is 0 Å². The Hall–Kier alpha value is -1.23. The average molecular weight is 256 g/mol. The van der Waals surface area contributed by atoms with Crippen LogP contribution in [0.25, 0.3) is 0 Å². The van der Waals surface area contributed by atoms with Gasteiger partial charge in [0.05, 0.1) is 13.2 Å². The van der Waals surface area contributed by atoms with Gasteiger partial charge in [-0.1, -0.05) is 0 Å². The maximum absolute atomic E-state index is 12.0. The minimum atomic E-state index is -0.311. The van der Waals surface area contributed by atoms with Crippen LogP contribution in [0, 0.1) is 0 Å². The first-order chi connectivity index (χ1) is 8.29. The van der Waals surface area contributed by atoms with Crippen molar-refractivity contribution in [1.82, 2.24) is 10.2 Å². The number of rotatable bonds is 4. The average Bonchev–Trinajstić information content (AvgIpc) is 2.24. The third-order valence-electron chi connectivity index (χ3n) is 2.63. The largest absolute Gasteiger partial charge is 0.474 e. The zero-order valence-corrected chi connectivity index (χ0v) is 11.8. The Morgan fingerprint density at radius 2 is 2.22 bits per heavy atom. The number of amides is 1. The highest BCUT2D eigenvalue weighted by molar-refractivity contribution is 5.78. The predicted molar refractivity (Wildman–Crippen MR) is 69.7 cm³/mol. The second kappa shape index (κ2) is 6.09. The Balaban J connectivity index is 2.34. The summed E-state index contributed by atoms with van der Waals surface area (Å²) in [7, 11) is 0. The van der Waals surface area contributed by atoms with Gasteiger partial charge >= 0.3 is 0 Å². The Bertz CT molecular complexity index is 310. The van der Waals surface area contributed by atoms with Crippen LogP contribution >= 0.6 is 0 Å². The van der Waals surface area contributed by atoms with Gasteiger partial charge in [-0.05, 0) is 40.7 Å². The SMILES string of the molecule is C=C(NCC(=O)N1COCCC1C)OC(C)(C)C. The lowest BCUT2D eigenvalue weighted by Crippen LogP contribution is -2.47. The Morgan fingerprint density at radius 1 is 1.56 bits per heavy atom. The fourth-order valence-electron chi connectivity index (χ4n) is 1.70. The normalized spacial score (nSPS) is 20.4. The molecule has 1 heterocycles. The number of carbonyl (C=O) groups is 1. The van der Waals surface area contributed by atoms with Gasteiger partial charge in [-0.2, -0.15) is 0 Å². The first-order valence-electron chi connectivity index (χ1n) is 6.28. The lowest BCUT2D eigenvalue weighted by molar-refractivity contribution is -0.144. The highest BCUT2D eigenvalue weighted by Crippen LogP contribution is 2.12. The molecule has 1 unspecified atom stereocenters. The molecule has 0 spiro atoms. The van der Waals surface area contributed by atoms with Crippen LogP contribution in [0.5, 0.6) is 0 Å². The Morgan fingerprint density at radius 3 is 2.78 bits per heavy atom. The van der Waals surface area contributed by atoms with Crippen LogP contribution < -0.4 is 5.32 Å². The van der Waals surface area contributed by atoms with Crippen LogP contribution in [-0.4, -0.2) is 42.3 Å². The van der Waals surface area contributed by atoms with E-state index in [0.29, 0.717) is 12.6 Å². The number of carbonyl (C=O) groups excluding carboxylic acids is 1. The molecule has 1 aliphatic heterocycles. The fraction of sp³-hybridized carbons (Fsp3) is 0.769. The monoisotopic (exact) mass is 256 g/mol. The minimum Gasteiger partial charge on any atom is -0.474 e. The van der Waals surface area contributed by atoms with Crippen LogP contribution in [-0.2, 0) is 14.3 Å². The molecule has 104 valence electrons. The molecule has 0 aliphatic carbocycles. The second-order valence-corrected chi connectivity index (χ2v) is 5.53. The molecule has 5 nitrogen and oxygen atoms in total. The van der Waals surface area contributed by atoms with E-state index in [1.54, 1.807) is 4.90 Å². The first kappa shape index (κ1) is 14.8. The molecule has 1 saturated heterocycles. The molecule has 0 aromatic heterocycles. The van der Waals surface area contributed by atoms with Crippen LogP contribution in [0.1, 0.15) is 34.1 Å². The lowest BCUT2D eigenvalue weighted by atomic mass is 10.2. The van der Waals surface area contributed by atoms with Crippen molar-refractivity contribution in [1.29, 1.82) is 0 Å². The number of nitrogens with zero attached hydrogens (tertiary/aromatic N) is 1. The summed E-state index contributed by atoms with van der Waals surface area (Å²) < 4.78 is 10.8. The lowest BCUT2D eigenvalue weighted by Gasteiger charge is -2.33. The Labute approximate surface area is 109 Å². The van der Waals surface area contributed by atoms with Crippen LogP contribution in [0.15, 0.2) is 12.5 Å². The van der Waals surface area contributed by atoms with E-state index >= 15 is 0 Å². The van der Waals surface area contributed by atoms with Gasteiger partial charge in [0, 0.05) is 6.04 Å². The van der Waals surface area contributed by atoms with Crippen LogP contribution in [0.4, 0.5) is 0 Å². The summed E-state index contributed by atoms with van der Waals surface area (Å²) in [5, 5.41) is 2.89. The molecule has 0 aromatic carbocycles. The molecule has 1 N–H and O–H groups in total. The summed E-state index contributed by atoms with van der Waals surface area (Å²) >= 11 is 0. The van der Waals surface area contributed by atoms with Crippen molar-refractivity contribution in [2.45, 2.75) is 45.8 Å². The topological polar surface area (TPSA) is 50.8 Å². The molecule has 0 saturated carbocycles. The molecule has 5 heteroatoms. The zero-order chi connectivity index (χ0) is 13.8. The van der Waals surface area contributed by atoms with E-state index in [9.17, 15) is 4.79 Å². The van der Waals surface area contributed by atoms with Gasteiger partial charge in [-0.25, -0.2) is 0 Å². The number of hydrogen-bond acceptors (Lipinski definition) is 4. The van der Waals surface area contributed by atoms with Gasteiger partial charge in [0.25, 0.3) is 0 Å². The summed E-state index contributed by atoms with van der Waals surface area (Å²) in [6.07, 6.45) is 0.880. The van der Waals surface area contributed by atoms with Gasteiger partial charge in [-0.15, -0.1) is 0 Å². The quantitative estimate of drug-likeness (QED) is 0.774. The van der Waals surface area contributed by atoms with Gasteiger partial charge in [0.2, 0.25) is 5.91 Å². The van der Waals surface area contributed by atoms with Crippen molar-refractivity contribution in [2.75, 3.05) is 19.9 Å². The van der Waals surface area contributed by atoms with Gasteiger partial charge in [0.15, 0.2) is 5.88 Å². The van der Waals surface area contributed by atoms with Crippen molar-refractivity contribution in [2.24, 2.45) is 0 Å². The van der Waals surface area contributed by atoms with Crippen LogP contribution in [0.2, 0.25) is 0 Å². The highest BCUT2D eigenvalue weighted by atomic mass is 16.5. The number of nitrogens with one attached hydrogen (secondary N) is 1. The van der Waals surface area contributed by atoms with E-state index in [0.717, 1.165) is 13.0 Å². The summed E-state index contributed by atoms with van der Waals surface area (Å²) in [6, 6.07) is 0.227. The molecule has 1 fully saturated rings. The predicted octanol–water partition coefficient (Wildman–Crippen LogP) is 1.46. The highest BCUT2D eigenvalue weighted by Gasteiger charge is 2.23. The van der Waals surface area contributed by atoms with Crippen molar-refractivity contribution >= 4 is 5.91 Å². The smallest absolute Gasteiger partial charge is 0.244 e. The molecule has 0 aromatic rings. The van der Waals surface area contributed by atoms with E-state index in [-0.39, 0.29) is 24.1 Å². The molecule has 1 rings (SSSR count). The van der Waals surface area contributed by atoms with E-state index in [2.05, 4.69) is 11.9 Å². The van der Waals surface area contributed by atoms with E-state index < -0.39 is 0 Å². The molecule has 1 amide bonds. The third kappa shape index (κ3) is 4.96. The molecule has 0 bridgehead atoms. The zero-order valence-electron chi connectivity index (χ0n) is 11.8. The maximum atomic E-state index is 12.0. The molecular formula is C13H24N2O3. The molecule has 0 radical (unpaired) electrons. The maximum Gasteiger partial charge on any atom is 0.244 e. The van der Waals surface area contributed by atoms with Crippen molar-refractivity contribution < 1.29 is 14.3 Å². The van der Waals surface area contributed by atoms with Crippen molar-refractivity contribution in [3.8, 4) is 0 Å². The standard InChI is InChI=1S/C13H24N2O3/c1-10-6-7-17-9-15(10)12(16)8-14-11(2)18-13(3,4)5/h10,14H,2,6-9H2,1,3-5H3. The molecule has 18 heavy (non-hydrogen) atoms. The van der Waals surface area contributed by atoms with Gasteiger partial charge in [0.1, 0.15) is 12.3 Å². The van der Waals surface area contributed by atoms with E-state index in [1.807, 2.05) is 27.7 Å². The van der Waals surface area contributed by atoms with E-state index in [1.165, 1.54) is 0 Å². The molecule has 1 atom stereocenters. The Kier molecular flexibility index (Phi) is 5.02. The second-order valence-electron chi connectivity index (χ2n) is 5.53. The fourth-order valence-corrected chi connectivity index (χ4v) is 1.70. The first-order valence-corrected chi connectivity index (χ1v) is 6.28. The summed E-state index contributed by atoms with van der Waals surface area (Å²) in [5.74, 6) is 0.419. The number of hydrogen-bond donors (Lipinski definition) is 1. The third-order valence-corrected chi connectivity index (χ3v) is 2.63. The summed E-state index contributed by atoms with van der Waals surface area (Å²) in [4.78, 5) is 13.7. The summed E-state index contributed by atoms with van der Waals surface area (Å²) in [5.41, 5.74) is -0.311. The van der Waals surface area contributed by atoms with Gasteiger partial charge < -0.3 is 19.7 Å². The van der Waals surface area contributed by atoms with E-state index in [4.69, 9.17) is 9.47 Å². The molecular weight excluding hydrogens is 232 g/mol. The van der Waals surface area contributed by atoms with Crippen molar-refractivity contribution in [3.05, 3.63) is 12.5 Å². The minimum absolute atomic E-state index is 0.000796. The number of ether oxygens (including phenoxy) is 2.